The summed E-state index contributed by atoms with van der Waals surface area (Å²) in [6, 6.07) is 4.10. The van der Waals surface area contributed by atoms with Gasteiger partial charge in [-0.1, -0.05) is 0 Å². The monoisotopic (exact) mass is 242 g/mol. The van der Waals surface area contributed by atoms with E-state index >= 15 is 0 Å². The van der Waals surface area contributed by atoms with Gasteiger partial charge >= 0.3 is 0 Å². The highest BCUT2D eigenvalue weighted by molar-refractivity contribution is 5.65. The molecule has 1 fully saturated rings. The van der Waals surface area contributed by atoms with Gasteiger partial charge in [0, 0.05) is 37.5 Å². The minimum Gasteiger partial charge on any atom is -0.316 e. The molecule has 1 aliphatic rings. The van der Waals surface area contributed by atoms with Crippen LogP contribution < -0.4 is 5.32 Å². The lowest BCUT2D eigenvalue weighted by Crippen LogP contribution is -2.29. The predicted molar refractivity (Wildman–Crippen MR) is 71.3 cm³/mol. The molecule has 2 aromatic rings. The van der Waals surface area contributed by atoms with Gasteiger partial charge in [0.1, 0.15) is 0 Å². The van der Waals surface area contributed by atoms with Gasteiger partial charge in [0.15, 0.2) is 0 Å². The summed E-state index contributed by atoms with van der Waals surface area (Å²) in [5, 5.41) is 7.91. The highest BCUT2D eigenvalue weighted by atomic mass is 15.3. The molecule has 94 valence electrons. The fourth-order valence-electron chi connectivity index (χ4n) is 2.77. The van der Waals surface area contributed by atoms with E-state index in [9.17, 15) is 0 Å². The number of hydrogen-bond donors (Lipinski definition) is 1. The van der Waals surface area contributed by atoms with Gasteiger partial charge in [0.25, 0.3) is 0 Å². The Morgan fingerprint density at radius 3 is 2.89 bits per heavy atom. The Balaban J connectivity index is 2.01. The molecule has 3 rings (SSSR count). The van der Waals surface area contributed by atoms with E-state index in [1.165, 1.54) is 29.7 Å². The standard InChI is InChI=1S/C14H18N4/c1-18-14(12-3-2-6-16-9-12)13(10-17-18)11-4-7-15-8-5-11/h4-5,7-8,10,12,16H,2-3,6,9H2,1H3. The van der Waals surface area contributed by atoms with Crippen molar-refractivity contribution in [2.75, 3.05) is 13.1 Å². The molecule has 3 heterocycles. The molecule has 1 saturated heterocycles. The summed E-state index contributed by atoms with van der Waals surface area (Å²) in [7, 11) is 2.04. The van der Waals surface area contributed by atoms with Crippen LogP contribution in [0.4, 0.5) is 0 Å². The molecule has 1 unspecified atom stereocenters. The van der Waals surface area contributed by atoms with Crippen molar-refractivity contribution in [2.45, 2.75) is 18.8 Å². The minimum absolute atomic E-state index is 0.564. The van der Waals surface area contributed by atoms with Crippen molar-refractivity contribution in [2.24, 2.45) is 7.05 Å². The van der Waals surface area contributed by atoms with Gasteiger partial charge in [0.2, 0.25) is 0 Å². The predicted octanol–water partition coefficient (Wildman–Crippen LogP) is 1.95. The Kier molecular flexibility index (Phi) is 3.11. The van der Waals surface area contributed by atoms with Crippen LogP contribution in [0.15, 0.2) is 30.7 Å². The highest BCUT2D eigenvalue weighted by Gasteiger charge is 2.22. The summed E-state index contributed by atoms with van der Waals surface area (Å²) >= 11 is 0. The maximum absolute atomic E-state index is 4.44. The van der Waals surface area contributed by atoms with Crippen LogP contribution in [0.3, 0.4) is 0 Å². The van der Waals surface area contributed by atoms with Gasteiger partial charge < -0.3 is 5.32 Å². The van der Waals surface area contributed by atoms with Crippen molar-refractivity contribution in [3.63, 3.8) is 0 Å². The first-order valence-corrected chi connectivity index (χ1v) is 6.49. The molecular formula is C14H18N4. The smallest absolute Gasteiger partial charge is 0.0571 e. The zero-order chi connectivity index (χ0) is 12.4. The molecule has 2 aromatic heterocycles. The second-order valence-electron chi connectivity index (χ2n) is 4.85. The molecule has 18 heavy (non-hydrogen) atoms. The van der Waals surface area contributed by atoms with Crippen LogP contribution in [0.2, 0.25) is 0 Å². The van der Waals surface area contributed by atoms with E-state index in [4.69, 9.17) is 0 Å². The van der Waals surface area contributed by atoms with E-state index in [-0.39, 0.29) is 0 Å². The maximum Gasteiger partial charge on any atom is 0.0571 e. The van der Waals surface area contributed by atoms with Crippen molar-refractivity contribution >= 4 is 0 Å². The average molecular weight is 242 g/mol. The van der Waals surface area contributed by atoms with E-state index in [1.807, 2.05) is 30.3 Å². The van der Waals surface area contributed by atoms with E-state index in [1.54, 1.807) is 0 Å². The average Bonchev–Trinajstić information content (AvgIpc) is 2.83. The van der Waals surface area contributed by atoms with Crippen molar-refractivity contribution in [3.8, 4) is 11.1 Å². The second kappa shape index (κ2) is 4.90. The van der Waals surface area contributed by atoms with E-state index in [2.05, 4.69) is 27.5 Å². The Hall–Kier alpha value is -1.68. The van der Waals surface area contributed by atoms with Gasteiger partial charge in [-0.2, -0.15) is 5.10 Å². The first-order chi connectivity index (χ1) is 8.86. The quantitative estimate of drug-likeness (QED) is 0.875. The number of aryl methyl sites for hydroxylation is 1. The molecule has 1 aliphatic heterocycles. The molecule has 1 atom stereocenters. The van der Waals surface area contributed by atoms with Gasteiger partial charge in [0.05, 0.1) is 11.9 Å². The molecule has 4 heteroatoms. The number of hydrogen-bond acceptors (Lipinski definition) is 3. The van der Waals surface area contributed by atoms with Gasteiger partial charge in [-0.15, -0.1) is 0 Å². The minimum atomic E-state index is 0.564. The molecule has 0 aromatic carbocycles. The lowest BCUT2D eigenvalue weighted by Gasteiger charge is -2.24. The third-order valence-corrected chi connectivity index (χ3v) is 3.66. The zero-order valence-electron chi connectivity index (χ0n) is 10.6. The zero-order valence-corrected chi connectivity index (χ0v) is 10.6. The molecule has 0 spiro atoms. The second-order valence-corrected chi connectivity index (χ2v) is 4.85. The molecule has 0 saturated carbocycles. The summed E-state index contributed by atoms with van der Waals surface area (Å²) in [5.41, 5.74) is 3.79. The molecular weight excluding hydrogens is 224 g/mol. The van der Waals surface area contributed by atoms with Crippen LogP contribution >= 0.6 is 0 Å². The van der Waals surface area contributed by atoms with Gasteiger partial charge in [-0.25, -0.2) is 0 Å². The number of piperidine rings is 1. The van der Waals surface area contributed by atoms with Crippen LogP contribution in [0, 0.1) is 0 Å². The van der Waals surface area contributed by atoms with Gasteiger partial charge in [-0.05, 0) is 37.1 Å². The summed E-state index contributed by atoms with van der Waals surface area (Å²) in [6.45, 7) is 2.19. The Morgan fingerprint density at radius 1 is 1.33 bits per heavy atom. The Labute approximate surface area is 107 Å². The molecule has 4 nitrogen and oxygen atoms in total. The first kappa shape index (κ1) is 11.4. The maximum atomic E-state index is 4.44. The van der Waals surface area contributed by atoms with E-state index in [0.29, 0.717) is 5.92 Å². The Morgan fingerprint density at radius 2 is 2.17 bits per heavy atom. The lowest BCUT2D eigenvalue weighted by molar-refractivity contribution is 0.442. The van der Waals surface area contributed by atoms with Crippen LogP contribution in [0.5, 0.6) is 0 Å². The van der Waals surface area contributed by atoms with Crippen molar-refractivity contribution < 1.29 is 0 Å². The largest absolute Gasteiger partial charge is 0.316 e. The summed E-state index contributed by atoms with van der Waals surface area (Å²) in [6.07, 6.45) is 8.13. The third kappa shape index (κ3) is 2.04. The fraction of sp³-hybridized carbons (Fsp3) is 0.429. The van der Waals surface area contributed by atoms with Crippen LogP contribution in [0.25, 0.3) is 11.1 Å². The number of rotatable bonds is 2. The molecule has 1 N–H and O–H groups in total. The molecule has 0 aliphatic carbocycles. The van der Waals surface area contributed by atoms with Crippen molar-refractivity contribution in [1.29, 1.82) is 0 Å². The summed E-state index contributed by atoms with van der Waals surface area (Å²) < 4.78 is 2.02. The highest BCUT2D eigenvalue weighted by Crippen LogP contribution is 2.31. The first-order valence-electron chi connectivity index (χ1n) is 6.49. The lowest BCUT2D eigenvalue weighted by atomic mass is 9.91. The van der Waals surface area contributed by atoms with Crippen molar-refractivity contribution in [1.82, 2.24) is 20.1 Å². The third-order valence-electron chi connectivity index (χ3n) is 3.66. The molecule has 0 radical (unpaired) electrons. The number of nitrogens with zero attached hydrogens (tertiary/aromatic N) is 3. The Bertz CT molecular complexity index is 512. The fourth-order valence-corrected chi connectivity index (χ4v) is 2.77. The van der Waals surface area contributed by atoms with Crippen LogP contribution in [-0.4, -0.2) is 27.9 Å². The normalized spacial score (nSPS) is 19.9. The topological polar surface area (TPSA) is 42.7 Å². The van der Waals surface area contributed by atoms with Crippen molar-refractivity contribution in [3.05, 3.63) is 36.4 Å². The number of aromatic nitrogens is 3. The van der Waals surface area contributed by atoms with Crippen LogP contribution in [0.1, 0.15) is 24.5 Å². The molecule has 0 bridgehead atoms. The number of pyridine rings is 1. The number of nitrogens with one attached hydrogen (secondary N) is 1. The van der Waals surface area contributed by atoms with E-state index in [0.717, 1.165) is 13.1 Å². The van der Waals surface area contributed by atoms with Crippen LogP contribution in [-0.2, 0) is 7.05 Å². The molecule has 0 amide bonds. The SMILES string of the molecule is Cn1ncc(-c2ccncc2)c1C1CCCNC1. The summed E-state index contributed by atoms with van der Waals surface area (Å²) in [4.78, 5) is 4.08. The van der Waals surface area contributed by atoms with Gasteiger partial charge in [-0.3, -0.25) is 9.67 Å². The van der Waals surface area contributed by atoms with E-state index < -0.39 is 0 Å². The summed E-state index contributed by atoms with van der Waals surface area (Å²) in [5.74, 6) is 0.564.